The Morgan fingerprint density at radius 3 is 2.48 bits per heavy atom. The monoisotopic (exact) mass is 296 g/mol. The van der Waals surface area contributed by atoms with E-state index in [1.165, 1.54) is 26.4 Å². The number of carboxylic acids is 1. The zero-order valence-corrected chi connectivity index (χ0v) is 12.5. The number of carbonyl (C=O) groups is 2. The van der Waals surface area contributed by atoms with E-state index < -0.39 is 17.5 Å². The standard InChI is InChI=1S/C14H20N2O5/c1-14(2,8-20-3)16-13(19)15-11-6-5-9(21-4)7-10(11)12(17)18/h5-7H,8H2,1-4H3,(H,17,18)(H2,15,16,19). The van der Waals surface area contributed by atoms with Gasteiger partial charge in [0.15, 0.2) is 0 Å². The maximum absolute atomic E-state index is 11.9. The minimum Gasteiger partial charge on any atom is -0.497 e. The minimum absolute atomic E-state index is 0.0472. The van der Waals surface area contributed by atoms with Gasteiger partial charge in [0.2, 0.25) is 0 Å². The molecule has 0 aliphatic heterocycles. The molecule has 2 amide bonds. The highest BCUT2D eigenvalue weighted by molar-refractivity contribution is 6.00. The van der Waals surface area contributed by atoms with Crippen molar-refractivity contribution in [3.63, 3.8) is 0 Å². The molecule has 1 rings (SSSR count). The molecule has 0 saturated carbocycles. The number of hydrogen-bond donors (Lipinski definition) is 3. The van der Waals surface area contributed by atoms with E-state index in [9.17, 15) is 9.59 Å². The third-order valence-corrected chi connectivity index (χ3v) is 2.66. The van der Waals surface area contributed by atoms with Crippen molar-refractivity contribution >= 4 is 17.7 Å². The van der Waals surface area contributed by atoms with Gasteiger partial charge in [0.05, 0.1) is 30.5 Å². The van der Waals surface area contributed by atoms with Crippen molar-refractivity contribution in [3.05, 3.63) is 23.8 Å². The molecule has 0 fully saturated rings. The summed E-state index contributed by atoms with van der Waals surface area (Å²) in [7, 11) is 2.97. The molecular weight excluding hydrogens is 276 g/mol. The van der Waals surface area contributed by atoms with Gasteiger partial charge in [-0.25, -0.2) is 9.59 Å². The number of benzene rings is 1. The molecule has 0 atom stereocenters. The Labute approximate surface area is 123 Å². The summed E-state index contributed by atoms with van der Waals surface area (Å²) in [5.74, 6) is -0.751. The maximum atomic E-state index is 11.9. The number of urea groups is 1. The Balaban J connectivity index is 2.87. The number of amides is 2. The molecule has 0 saturated heterocycles. The second kappa shape index (κ2) is 6.94. The largest absolute Gasteiger partial charge is 0.497 e. The topological polar surface area (TPSA) is 96.9 Å². The highest BCUT2D eigenvalue weighted by Crippen LogP contribution is 2.22. The van der Waals surface area contributed by atoms with Crippen molar-refractivity contribution in [1.29, 1.82) is 0 Å². The number of ether oxygens (including phenoxy) is 2. The first kappa shape index (κ1) is 16.8. The molecule has 116 valence electrons. The van der Waals surface area contributed by atoms with E-state index in [-0.39, 0.29) is 11.3 Å². The van der Waals surface area contributed by atoms with Gasteiger partial charge in [-0.2, -0.15) is 0 Å². The van der Waals surface area contributed by atoms with Gasteiger partial charge in [0.25, 0.3) is 0 Å². The number of methoxy groups -OCH3 is 2. The Bertz CT molecular complexity index is 528. The molecule has 0 bridgehead atoms. The summed E-state index contributed by atoms with van der Waals surface area (Å²) in [5, 5.41) is 14.4. The summed E-state index contributed by atoms with van der Waals surface area (Å²) in [6.07, 6.45) is 0. The first-order chi connectivity index (χ1) is 9.79. The summed E-state index contributed by atoms with van der Waals surface area (Å²) < 4.78 is 9.97. The number of rotatable bonds is 6. The van der Waals surface area contributed by atoms with Crippen molar-refractivity contribution < 1.29 is 24.2 Å². The molecule has 1 aromatic rings. The fourth-order valence-corrected chi connectivity index (χ4v) is 1.79. The van der Waals surface area contributed by atoms with Crippen molar-refractivity contribution in [2.75, 3.05) is 26.1 Å². The average Bonchev–Trinajstić information content (AvgIpc) is 2.37. The Morgan fingerprint density at radius 2 is 1.95 bits per heavy atom. The molecule has 0 aliphatic rings. The SMILES string of the molecule is COCC(C)(C)NC(=O)Nc1ccc(OC)cc1C(=O)O. The van der Waals surface area contributed by atoms with Crippen LogP contribution in [0.15, 0.2) is 18.2 Å². The van der Waals surface area contributed by atoms with E-state index in [1.807, 2.05) is 0 Å². The Morgan fingerprint density at radius 1 is 1.29 bits per heavy atom. The molecule has 0 unspecified atom stereocenters. The summed E-state index contributed by atoms with van der Waals surface area (Å²) in [6, 6.07) is 3.89. The molecule has 7 nitrogen and oxygen atoms in total. The molecule has 0 radical (unpaired) electrons. The molecule has 0 spiro atoms. The summed E-state index contributed by atoms with van der Waals surface area (Å²) in [5.41, 5.74) is -0.433. The molecular formula is C14H20N2O5. The van der Waals surface area contributed by atoms with Gasteiger partial charge in [-0.05, 0) is 32.0 Å². The fourth-order valence-electron chi connectivity index (χ4n) is 1.79. The maximum Gasteiger partial charge on any atom is 0.337 e. The second-order valence-electron chi connectivity index (χ2n) is 5.11. The van der Waals surface area contributed by atoms with Crippen LogP contribution in [0.3, 0.4) is 0 Å². The van der Waals surface area contributed by atoms with Gasteiger partial charge in [-0.15, -0.1) is 0 Å². The minimum atomic E-state index is -1.15. The van der Waals surface area contributed by atoms with Crippen LogP contribution in [0.1, 0.15) is 24.2 Å². The molecule has 1 aromatic carbocycles. The highest BCUT2D eigenvalue weighted by Gasteiger charge is 2.21. The van der Waals surface area contributed by atoms with Gasteiger partial charge < -0.3 is 25.2 Å². The van der Waals surface area contributed by atoms with E-state index in [0.29, 0.717) is 12.4 Å². The van der Waals surface area contributed by atoms with Crippen molar-refractivity contribution in [2.45, 2.75) is 19.4 Å². The predicted octanol–water partition coefficient (Wildman–Crippen LogP) is 1.94. The van der Waals surface area contributed by atoms with Crippen LogP contribution < -0.4 is 15.4 Å². The van der Waals surface area contributed by atoms with E-state index >= 15 is 0 Å². The van der Waals surface area contributed by atoms with Gasteiger partial charge in [0, 0.05) is 7.11 Å². The van der Waals surface area contributed by atoms with E-state index in [0.717, 1.165) is 0 Å². The lowest BCUT2D eigenvalue weighted by molar-refractivity contribution is 0.0697. The quantitative estimate of drug-likeness (QED) is 0.745. The van der Waals surface area contributed by atoms with Crippen molar-refractivity contribution in [2.24, 2.45) is 0 Å². The van der Waals surface area contributed by atoms with Crippen LogP contribution in [0.5, 0.6) is 5.75 Å². The molecule has 21 heavy (non-hydrogen) atoms. The lowest BCUT2D eigenvalue weighted by atomic mass is 10.1. The van der Waals surface area contributed by atoms with Crippen LogP contribution in [0.4, 0.5) is 10.5 Å². The Hall–Kier alpha value is -2.28. The molecule has 0 heterocycles. The second-order valence-corrected chi connectivity index (χ2v) is 5.11. The first-order valence-corrected chi connectivity index (χ1v) is 6.28. The van der Waals surface area contributed by atoms with Crippen LogP contribution in [0.25, 0.3) is 0 Å². The van der Waals surface area contributed by atoms with E-state index in [1.54, 1.807) is 19.9 Å². The number of anilines is 1. The molecule has 3 N–H and O–H groups in total. The van der Waals surface area contributed by atoms with Crippen LogP contribution in [-0.4, -0.2) is 43.5 Å². The summed E-state index contributed by atoms with van der Waals surface area (Å²) in [4.78, 5) is 23.1. The third-order valence-electron chi connectivity index (χ3n) is 2.66. The van der Waals surface area contributed by atoms with Crippen LogP contribution >= 0.6 is 0 Å². The lowest BCUT2D eigenvalue weighted by Gasteiger charge is -2.25. The number of carbonyl (C=O) groups excluding carboxylic acids is 1. The number of aromatic carboxylic acids is 1. The highest BCUT2D eigenvalue weighted by atomic mass is 16.5. The first-order valence-electron chi connectivity index (χ1n) is 6.28. The van der Waals surface area contributed by atoms with Crippen LogP contribution in [-0.2, 0) is 4.74 Å². The number of carboxylic acid groups (broad SMARTS) is 1. The predicted molar refractivity (Wildman–Crippen MR) is 78.1 cm³/mol. The average molecular weight is 296 g/mol. The summed E-state index contributed by atoms with van der Waals surface area (Å²) in [6.45, 7) is 3.92. The van der Waals surface area contributed by atoms with Gasteiger partial charge >= 0.3 is 12.0 Å². The summed E-state index contributed by atoms with van der Waals surface area (Å²) >= 11 is 0. The Kier molecular flexibility index (Phi) is 5.54. The number of hydrogen-bond acceptors (Lipinski definition) is 4. The fraction of sp³-hybridized carbons (Fsp3) is 0.429. The normalized spacial score (nSPS) is 10.9. The lowest BCUT2D eigenvalue weighted by Crippen LogP contribution is -2.48. The van der Waals surface area contributed by atoms with Gasteiger partial charge in [0.1, 0.15) is 5.75 Å². The smallest absolute Gasteiger partial charge is 0.337 e. The van der Waals surface area contributed by atoms with Gasteiger partial charge in [-0.1, -0.05) is 0 Å². The van der Waals surface area contributed by atoms with Crippen LogP contribution in [0.2, 0.25) is 0 Å². The van der Waals surface area contributed by atoms with Crippen molar-refractivity contribution in [1.82, 2.24) is 5.32 Å². The van der Waals surface area contributed by atoms with Crippen LogP contribution in [0, 0.1) is 0 Å². The molecule has 0 aliphatic carbocycles. The van der Waals surface area contributed by atoms with Crippen molar-refractivity contribution in [3.8, 4) is 5.75 Å². The van der Waals surface area contributed by atoms with E-state index in [2.05, 4.69) is 10.6 Å². The van der Waals surface area contributed by atoms with Gasteiger partial charge in [-0.3, -0.25) is 0 Å². The third kappa shape index (κ3) is 4.96. The zero-order valence-electron chi connectivity index (χ0n) is 12.5. The molecule has 0 aromatic heterocycles. The molecule has 7 heteroatoms. The van der Waals surface area contributed by atoms with E-state index in [4.69, 9.17) is 14.6 Å². The zero-order chi connectivity index (χ0) is 16.0. The number of nitrogens with one attached hydrogen (secondary N) is 2.